The zero-order valence-electron chi connectivity index (χ0n) is 9.98. The Kier molecular flexibility index (Phi) is 4.89. The summed E-state index contributed by atoms with van der Waals surface area (Å²) >= 11 is 3.46. The molecule has 0 fully saturated rings. The van der Waals surface area contributed by atoms with Gasteiger partial charge in [-0.05, 0) is 22.9 Å². The molecule has 0 spiro atoms. The minimum atomic E-state index is -0.845. The van der Waals surface area contributed by atoms with Gasteiger partial charge in [-0.15, -0.1) is 6.58 Å². The van der Waals surface area contributed by atoms with Gasteiger partial charge in [-0.2, -0.15) is 5.10 Å². The Morgan fingerprint density at radius 3 is 2.76 bits per heavy atom. The number of aromatic nitrogens is 2. The van der Waals surface area contributed by atoms with Crippen LogP contribution in [0.3, 0.4) is 0 Å². The zero-order valence-corrected chi connectivity index (χ0v) is 11.6. The van der Waals surface area contributed by atoms with Crippen LogP contribution in [-0.2, 0) is 18.4 Å². The first-order chi connectivity index (χ1) is 7.95. The molecule has 0 saturated carbocycles. The van der Waals surface area contributed by atoms with Crippen LogP contribution in [0.15, 0.2) is 17.1 Å². The van der Waals surface area contributed by atoms with E-state index in [2.05, 4.69) is 27.6 Å². The quantitative estimate of drug-likeness (QED) is 0.810. The van der Waals surface area contributed by atoms with E-state index in [1.165, 1.54) is 0 Å². The Hall–Kier alpha value is -1.14. The maximum absolute atomic E-state index is 10.7. The van der Waals surface area contributed by atoms with Gasteiger partial charge in [0.05, 0.1) is 22.4 Å². The molecule has 0 aromatic carbocycles. The first-order valence-corrected chi connectivity index (χ1v) is 5.98. The topological polar surface area (TPSA) is 58.4 Å². The Labute approximate surface area is 109 Å². The van der Waals surface area contributed by atoms with Gasteiger partial charge in [-0.1, -0.05) is 6.08 Å². The summed E-state index contributed by atoms with van der Waals surface area (Å²) in [4.78, 5) is 12.5. The maximum atomic E-state index is 10.7. The van der Waals surface area contributed by atoms with Crippen molar-refractivity contribution in [1.29, 1.82) is 0 Å². The molecule has 0 amide bonds. The fourth-order valence-corrected chi connectivity index (χ4v) is 2.08. The van der Waals surface area contributed by atoms with Crippen LogP contribution < -0.4 is 0 Å². The van der Waals surface area contributed by atoms with Gasteiger partial charge < -0.3 is 5.11 Å². The summed E-state index contributed by atoms with van der Waals surface area (Å²) < 4.78 is 2.69. The molecule has 0 saturated heterocycles. The highest BCUT2D eigenvalue weighted by molar-refractivity contribution is 9.10. The summed E-state index contributed by atoms with van der Waals surface area (Å²) in [5.41, 5.74) is 1.86. The highest BCUT2D eigenvalue weighted by atomic mass is 79.9. The second-order valence-corrected chi connectivity index (χ2v) is 4.61. The highest BCUT2D eigenvalue weighted by Gasteiger charge is 2.15. The second kappa shape index (κ2) is 5.97. The van der Waals surface area contributed by atoms with E-state index in [1.54, 1.807) is 15.7 Å². The Bertz CT molecular complexity index is 429. The molecule has 0 unspecified atom stereocenters. The van der Waals surface area contributed by atoms with Gasteiger partial charge >= 0.3 is 5.97 Å². The van der Waals surface area contributed by atoms with Crippen LogP contribution in [-0.4, -0.2) is 38.8 Å². The van der Waals surface area contributed by atoms with Crippen molar-refractivity contribution in [2.75, 3.05) is 13.1 Å². The van der Waals surface area contributed by atoms with Crippen LogP contribution in [0.25, 0.3) is 0 Å². The van der Waals surface area contributed by atoms with Crippen LogP contribution in [0.4, 0.5) is 0 Å². The summed E-state index contributed by atoms with van der Waals surface area (Å²) in [7, 11) is 1.85. The molecule has 1 N–H and O–H groups in total. The highest BCUT2D eigenvalue weighted by Crippen LogP contribution is 2.21. The Morgan fingerprint density at radius 2 is 2.35 bits per heavy atom. The van der Waals surface area contributed by atoms with E-state index in [-0.39, 0.29) is 6.54 Å². The van der Waals surface area contributed by atoms with Crippen LogP contribution in [0.1, 0.15) is 11.4 Å². The number of nitrogens with zero attached hydrogens (tertiary/aromatic N) is 3. The number of rotatable bonds is 6. The van der Waals surface area contributed by atoms with E-state index in [0.29, 0.717) is 13.1 Å². The van der Waals surface area contributed by atoms with E-state index < -0.39 is 5.97 Å². The van der Waals surface area contributed by atoms with Crippen LogP contribution in [0.5, 0.6) is 0 Å². The smallest absolute Gasteiger partial charge is 0.317 e. The lowest BCUT2D eigenvalue weighted by Crippen LogP contribution is -2.30. The van der Waals surface area contributed by atoms with Gasteiger partial charge in [0.2, 0.25) is 0 Å². The lowest BCUT2D eigenvalue weighted by Gasteiger charge is -2.18. The molecule has 0 atom stereocenters. The zero-order chi connectivity index (χ0) is 13.0. The van der Waals surface area contributed by atoms with Gasteiger partial charge in [-0.25, -0.2) is 0 Å². The fourth-order valence-electron chi connectivity index (χ4n) is 1.62. The second-order valence-electron chi connectivity index (χ2n) is 3.82. The number of aliphatic carboxylic acids is 1. The average Bonchev–Trinajstić information content (AvgIpc) is 2.44. The summed E-state index contributed by atoms with van der Waals surface area (Å²) in [6.45, 7) is 6.58. The molecular weight excluding hydrogens is 286 g/mol. The predicted octanol–water partition coefficient (Wildman–Crippen LogP) is 1.56. The summed E-state index contributed by atoms with van der Waals surface area (Å²) in [6.07, 6.45) is 1.69. The van der Waals surface area contributed by atoms with E-state index in [0.717, 1.165) is 15.9 Å². The normalized spacial score (nSPS) is 10.8. The molecule has 0 aliphatic heterocycles. The van der Waals surface area contributed by atoms with E-state index >= 15 is 0 Å². The molecule has 0 radical (unpaired) electrons. The molecule has 0 aliphatic carbocycles. The van der Waals surface area contributed by atoms with E-state index in [1.807, 2.05) is 14.0 Å². The molecule has 5 nitrogen and oxygen atoms in total. The number of hydrogen-bond acceptors (Lipinski definition) is 3. The molecule has 0 bridgehead atoms. The van der Waals surface area contributed by atoms with Crippen molar-refractivity contribution in [3.8, 4) is 0 Å². The standard InChI is InChI=1S/C11H16BrN3O2/c1-4-5-15(7-10(16)17)6-9-11(12)8(2)13-14(9)3/h4H,1,5-7H2,2-3H3,(H,16,17). The van der Waals surface area contributed by atoms with Gasteiger partial charge in [0.25, 0.3) is 0 Å². The number of carboxylic acid groups (broad SMARTS) is 1. The third-order valence-electron chi connectivity index (χ3n) is 2.38. The molecule has 1 heterocycles. The van der Waals surface area contributed by atoms with Crippen LogP contribution >= 0.6 is 15.9 Å². The average molecular weight is 302 g/mol. The van der Waals surface area contributed by atoms with Gasteiger partial charge in [-0.3, -0.25) is 14.4 Å². The maximum Gasteiger partial charge on any atom is 0.317 e. The van der Waals surface area contributed by atoms with Gasteiger partial charge in [0.1, 0.15) is 0 Å². The number of aryl methyl sites for hydroxylation is 2. The van der Waals surface area contributed by atoms with Crippen LogP contribution in [0.2, 0.25) is 0 Å². The minimum Gasteiger partial charge on any atom is -0.480 e. The Morgan fingerprint density at radius 1 is 1.71 bits per heavy atom. The lowest BCUT2D eigenvalue weighted by molar-refractivity contribution is -0.138. The fraction of sp³-hybridized carbons (Fsp3) is 0.455. The number of halogens is 1. The molecular formula is C11H16BrN3O2. The van der Waals surface area contributed by atoms with Gasteiger partial charge in [0, 0.05) is 20.1 Å². The summed E-state index contributed by atoms with van der Waals surface area (Å²) in [5, 5.41) is 13.1. The van der Waals surface area contributed by atoms with Crippen LogP contribution in [0, 0.1) is 6.92 Å². The Balaban J connectivity index is 2.84. The number of carboxylic acids is 1. The molecule has 94 valence electrons. The minimum absolute atomic E-state index is 0.0112. The van der Waals surface area contributed by atoms with E-state index in [9.17, 15) is 4.79 Å². The first kappa shape index (κ1) is 13.9. The van der Waals surface area contributed by atoms with Gasteiger partial charge in [0.15, 0.2) is 0 Å². The molecule has 6 heteroatoms. The van der Waals surface area contributed by atoms with Crippen molar-refractivity contribution >= 4 is 21.9 Å². The largest absolute Gasteiger partial charge is 0.480 e. The first-order valence-electron chi connectivity index (χ1n) is 5.18. The predicted molar refractivity (Wildman–Crippen MR) is 68.8 cm³/mol. The number of hydrogen-bond donors (Lipinski definition) is 1. The third kappa shape index (κ3) is 3.67. The summed E-state index contributed by atoms with van der Waals surface area (Å²) in [6, 6.07) is 0. The number of carbonyl (C=O) groups is 1. The van der Waals surface area contributed by atoms with Crippen molar-refractivity contribution in [2.45, 2.75) is 13.5 Å². The molecule has 0 aliphatic rings. The van der Waals surface area contributed by atoms with Crippen molar-refractivity contribution in [3.63, 3.8) is 0 Å². The molecule has 1 aromatic rings. The SMILES string of the molecule is C=CCN(CC(=O)O)Cc1c(Br)c(C)nn1C. The van der Waals surface area contributed by atoms with E-state index in [4.69, 9.17) is 5.11 Å². The lowest BCUT2D eigenvalue weighted by atomic mass is 10.3. The monoisotopic (exact) mass is 301 g/mol. The van der Waals surface area contributed by atoms with Crippen molar-refractivity contribution < 1.29 is 9.90 Å². The van der Waals surface area contributed by atoms with Crippen molar-refractivity contribution in [3.05, 3.63) is 28.5 Å². The summed E-state index contributed by atoms with van der Waals surface area (Å²) in [5.74, 6) is -0.845. The molecule has 1 rings (SSSR count). The molecule has 1 aromatic heterocycles. The molecule has 17 heavy (non-hydrogen) atoms. The van der Waals surface area contributed by atoms with Crippen molar-refractivity contribution in [2.24, 2.45) is 7.05 Å². The van der Waals surface area contributed by atoms with Crippen molar-refractivity contribution in [1.82, 2.24) is 14.7 Å². The third-order valence-corrected chi connectivity index (χ3v) is 3.41.